The molecule has 0 atom stereocenters. The normalized spacial score (nSPS) is 18.0. The molecule has 41 heteroatoms. The molecule has 0 bridgehead atoms. The second-order valence-electron chi connectivity index (χ2n) is 31.5. The third-order valence-electron chi connectivity index (χ3n) is 20.3. The first-order valence-corrected chi connectivity index (χ1v) is 40.4. The van der Waals surface area contributed by atoms with E-state index in [9.17, 15) is 107 Å². The number of nitrogens with zero attached hydrogens (tertiary/aromatic N) is 8. The van der Waals surface area contributed by atoms with Crippen LogP contribution in [0, 0.1) is 129 Å². The molecule has 0 aromatic heterocycles. The van der Waals surface area contributed by atoms with Gasteiger partial charge in [0.25, 0.3) is 0 Å². The minimum absolute atomic E-state index is 0. The minimum Gasteiger partial charge on any atom is -0.520 e. The zero-order chi connectivity index (χ0) is 92.5. The smallest absolute Gasteiger partial charge is 0.403 e. The number of alkyl halides is 8. The van der Waals surface area contributed by atoms with Gasteiger partial charge in [0.05, 0.1) is 52.7 Å². The molecular weight excluding hydrogens is 3040 g/mol. The van der Waals surface area contributed by atoms with Crippen LogP contribution in [-0.2, 0) is 166 Å². The number of urea groups is 1. The summed E-state index contributed by atoms with van der Waals surface area (Å²) in [5.41, 5.74) is -1.47. The van der Waals surface area contributed by atoms with E-state index in [0.717, 1.165) is 96.3 Å². The minimum atomic E-state index is -6.82. The average molecular weight is 3130 g/mol. The van der Waals surface area contributed by atoms with Crippen molar-refractivity contribution in [3.05, 3.63) is 248 Å². The molecule has 7 radical (unpaired) electrons. The fraction of sp³-hybridized carbons (Fsp3) is 0.418. The molecule has 0 aliphatic carbocycles. The quantitative estimate of drug-likeness (QED) is 0.0262. The van der Waals surface area contributed by atoms with Gasteiger partial charge in [-0.1, -0.05) is 134 Å². The van der Waals surface area contributed by atoms with Gasteiger partial charge >= 0.3 is 29.8 Å². The van der Waals surface area contributed by atoms with Gasteiger partial charge in [0.15, 0.2) is 5.78 Å². The maximum Gasteiger partial charge on any atom is 0.403 e. The molecule has 0 spiro atoms. The van der Waals surface area contributed by atoms with E-state index in [1.54, 1.807) is 39.8 Å². The van der Waals surface area contributed by atoms with Gasteiger partial charge in [0, 0.05) is 185 Å². The molecule has 0 saturated heterocycles. The number of aryl methyl sites for hydroxylation is 1. The summed E-state index contributed by atoms with van der Waals surface area (Å²) in [6, 6.07) is 39.2. The first kappa shape index (κ1) is 124. The summed E-state index contributed by atoms with van der Waals surface area (Å²) >= 11 is 1.50. The summed E-state index contributed by atoms with van der Waals surface area (Å²) in [7, 11) is 1.45. The summed E-state index contributed by atoms with van der Waals surface area (Å²) in [6.45, 7) is 20.1. The Morgan fingerprint density at radius 2 is 0.939 bits per heavy atom. The zero-order valence-corrected chi connectivity index (χ0v) is 89.3. The van der Waals surface area contributed by atoms with Crippen LogP contribution < -0.4 is 0 Å². The largest absolute Gasteiger partial charge is 0.520 e. The molecule has 132 heavy (non-hydrogen) atoms. The van der Waals surface area contributed by atoms with Crippen LogP contribution in [0.15, 0.2) is 126 Å². The number of carbonyl (C=O) groups is 4. The fourth-order valence-electron chi connectivity index (χ4n) is 13.0. The Morgan fingerprint density at radius 3 is 1.44 bits per heavy atom. The van der Waals surface area contributed by atoms with Gasteiger partial charge in [0.1, 0.15) is 46.3 Å². The van der Waals surface area contributed by atoms with Crippen LogP contribution in [-0.4, -0.2) is 136 Å². The summed E-state index contributed by atoms with van der Waals surface area (Å²) in [4.78, 5) is 74.4. The predicted octanol–water partition coefficient (Wildman–Crippen LogP) is 22.4. The van der Waals surface area contributed by atoms with Crippen LogP contribution >= 0.6 is 11.8 Å². The number of unbranched alkanes of at least 4 members (excludes halogenated alkanes) is 5. The molecule has 735 valence electrons. The number of Topliss-reactive ketones (excluding diaryl/α,β-unsaturated/α-hetero) is 1. The number of rotatable bonds is 14. The number of halogens is 20. The van der Waals surface area contributed by atoms with Crippen LogP contribution in [0.25, 0.3) is 0 Å². The average Bonchev–Trinajstić information content (AvgIpc) is 0.696. The van der Waals surface area contributed by atoms with E-state index in [1.807, 2.05) is 92.7 Å². The molecule has 7 aliphatic rings. The molecule has 14 rings (SSSR count). The Bertz CT molecular complexity index is 5330. The van der Waals surface area contributed by atoms with Gasteiger partial charge in [-0.05, 0) is 92.5 Å². The van der Waals surface area contributed by atoms with Crippen molar-refractivity contribution in [2.45, 2.75) is 188 Å². The van der Waals surface area contributed by atoms with Crippen molar-refractivity contribution in [2.75, 3.05) is 39.0 Å². The molecule has 7 aromatic carbocycles. The van der Waals surface area contributed by atoms with Crippen LogP contribution in [0.5, 0.6) is 0 Å². The number of aliphatic imine (C=N–C) groups is 7. The molecule has 4 amide bonds. The molecule has 7 aliphatic heterocycles. The Kier molecular flexibility index (Phi) is 50.6. The van der Waals surface area contributed by atoms with Crippen LogP contribution in [0.4, 0.5) is 92.6 Å². The van der Waals surface area contributed by atoms with Gasteiger partial charge in [-0.15, -0.1) is 138 Å². The Balaban J connectivity index is 0.000000770. The van der Waals surface area contributed by atoms with E-state index in [-0.39, 0.29) is 175 Å². The Morgan fingerprint density at radius 1 is 0.455 bits per heavy atom. The Hall–Kier alpha value is -5.99. The number of benzene rings is 7. The van der Waals surface area contributed by atoms with Crippen molar-refractivity contribution in [3.63, 3.8) is 0 Å². The fourth-order valence-corrected chi connectivity index (χ4v) is 14.2. The number of imide groups is 1. The second kappa shape index (κ2) is 53.8. The molecule has 0 fully saturated rings. The first-order chi connectivity index (χ1) is 58.6. The number of hydrogen-bond donors (Lipinski definition) is 0. The monoisotopic (exact) mass is 3130 g/mol. The molecular formula is C91H85F20Ir7N8O5S-7. The SMILES string of the molecule is CC1(C)CCCN=C1c1[c-]c(F)c(F)c(F)c1F.CC1(C)N=C(c2[c-]cccc2)SCC1=O.CCCCCCCCc1cc[c-]c(C2=NC(=O)CCC2(C)C)c1.CN1C(=O)N=C(c2[c-]cccc2)C(C)(C)C1=O.Fc1[c-]c(C2=NC(F)(F)C(F)(F)C(F)(F)C2(F)F)c(F)c(F)c1F.Fc1[c-]c(C2=NCCCC2)c(F)c(F)c1F.[Ir].[Ir].[Ir].[Ir].[Ir].[Ir].[Ir].[c-]1ccccc1C1=NCCCO1. The van der Waals surface area contributed by atoms with E-state index in [2.05, 4.69) is 87.1 Å². The standard InChI is InChI=1S/C21H30NO.C13H12F4N.C13H13N2O2.C12H12NOS.C11F12N.C11H8F4N.C10H10NO.7Ir/c1-4-5-6-7-8-9-11-17-12-10-13-18(16-17)20-21(2,3)15-14-19(23)22-20;1-13(2)4-3-5-18-12(13)7-6-8(14)10(16)11(17)9(7)15;1-13(2)10(9-7-5-4-6-8-9)14-12(17)15(3)11(13)16;1-12(2)10(14)8-15-11(13-12)9-6-4-3-5-7-9;12-3-1-2(4(13)6(15)5(3)14)7-8(16,17)9(18,19)10(20,21)11(22,23)24-7;12-7-5-6(8-3-1-2-4-16-8)9(13)11(15)10(7)14;1-2-5-9(6-3-1)10-11-7-4-8-12-10;;;;;;;/h10,12,16H,4-9,11,14-15H2,1-3H3;3-5H2,1-2H3;4-7H,1-3H3;3-6H,8H2,1-2H3;;1-4H2;1-3,5H,4,7-8H2;;;;;;;/q7*-1;;;;;;;. The predicted molar refractivity (Wildman–Crippen MR) is 433 cm³/mol. The number of ether oxygens (including phenoxy) is 1. The molecule has 0 unspecified atom stereocenters. The molecule has 13 nitrogen and oxygen atoms in total. The van der Waals surface area contributed by atoms with Crippen molar-refractivity contribution in [1.82, 2.24) is 4.90 Å². The summed E-state index contributed by atoms with van der Waals surface area (Å²) < 4.78 is 267. The first-order valence-electron chi connectivity index (χ1n) is 39.4. The van der Waals surface area contributed by atoms with E-state index in [0.29, 0.717) is 49.0 Å². The number of carbonyl (C=O) groups excluding carboxylic acids is 4. The maximum absolute atomic E-state index is 13.7. The molecule has 7 aromatic rings. The van der Waals surface area contributed by atoms with Crippen LogP contribution in [0.1, 0.15) is 197 Å². The van der Waals surface area contributed by atoms with E-state index in [4.69, 9.17) is 4.74 Å². The van der Waals surface area contributed by atoms with Gasteiger partial charge in [-0.25, -0.2) is 44.9 Å². The third-order valence-corrected chi connectivity index (χ3v) is 21.3. The summed E-state index contributed by atoms with van der Waals surface area (Å²) in [5.74, 6) is -42.7. The summed E-state index contributed by atoms with van der Waals surface area (Å²) in [6.07, 6.45) is 15.1. The number of amides is 4. The second-order valence-corrected chi connectivity index (χ2v) is 32.5. The number of ketones is 1. The number of hydrogen-bond acceptors (Lipinski definition) is 11. The van der Waals surface area contributed by atoms with Crippen molar-refractivity contribution < 1.29 is 252 Å². The van der Waals surface area contributed by atoms with Gasteiger partial charge in [-0.2, -0.15) is 38.1 Å². The van der Waals surface area contributed by atoms with Crippen molar-refractivity contribution in [1.29, 1.82) is 0 Å². The molecule has 0 N–H and O–H groups in total. The topological polar surface area (TPSA) is 167 Å². The van der Waals surface area contributed by atoms with Gasteiger partial charge < -0.3 is 19.7 Å². The molecule has 0 saturated carbocycles. The van der Waals surface area contributed by atoms with Gasteiger partial charge in [0.2, 0.25) is 11.8 Å². The van der Waals surface area contributed by atoms with E-state index in [1.165, 1.54) is 67.9 Å². The van der Waals surface area contributed by atoms with Crippen molar-refractivity contribution >= 4 is 74.9 Å². The van der Waals surface area contributed by atoms with Crippen LogP contribution in [0.3, 0.4) is 0 Å². The molecule has 7 heterocycles. The van der Waals surface area contributed by atoms with Crippen molar-refractivity contribution in [3.8, 4) is 0 Å². The van der Waals surface area contributed by atoms with Crippen molar-refractivity contribution in [2.24, 2.45) is 51.2 Å². The van der Waals surface area contributed by atoms with Gasteiger partial charge in [-0.3, -0.25) is 60.6 Å². The third kappa shape index (κ3) is 30.5. The Labute approximate surface area is 850 Å². The maximum atomic E-state index is 13.7. The van der Waals surface area contributed by atoms with E-state index >= 15 is 0 Å². The summed E-state index contributed by atoms with van der Waals surface area (Å²) in [5, 5.41) is 0.917. The zero-order valence-electron chi connectivity index (χ0n) is 71.7. The number of thioether (sulfide) groups is 1. The van der Waals surface area contributed by atoms with Crippen LogP contribution in [0.2, 0.25) is 0 Å². The van der Waals surface area contributed by atoms with E-state index < -0.39 is 138 Å².